The van der Waals surface area contributed by atoms with Crippen molar-refractivity contribution in [1.29, 1.82) is 0 Å². The van der Waals surface area contributed by atoms with Crippen molar-refractivity contribution in [3.8, 4) is 0 Å². The van der Waals surface area contributed by atoms with Gasteiger partial charge in [-0.1, -0.05) is 6.42 Å². The molecule has 21 heavy (non-hydrogen) atoms. The Hall–Kier alpha value is -2.16. The number of aliphatic carboxylic acids is 2. The number of quaternary nitrogens is 1. The SMILES string of the molecule is C[C@@H](NC(=O)CCCC[C@@H](NC(=O)C[NH3+])C(=O)[O-])C(=O)O. The first-order valence-electron chi connectivity index (χ1n) is 6.59. The summed E-state index contributed by atoms with van der Waals surface area (Å²) in [6.07, 6.45) is 0.976. The Labute approximate surface area is 121 Å². The Morgan fingerprint density at radius 2 is 1.76 bits per heavy atom. The van der Waals surface area contributed by atoms with Gasteiger partial charge in [0.05, 0.1) is 12.0 Å². The van der Waals surface area contributed by atoms with Crippen molar-refractivity contribution in [2.75, 3.05) is 6.54 Å². The lowest BCUT2D eigenvalue weighted by Gasteiger charge is -2.18. The molecule has 0 unspecified atom stereocenters. The number of hydrogen-bond acceptors (Lipinski definition) is 5. The molecule has 120 valence electrons. The molecule has 0 spiro atoms. The maximum Gasteiger partial charge on any atom is 0.325 e. The number of carboxylic acid groups (broad SMARTS) is 2. The third-order valence-electron chi connectivity index (χ3n) is 2.74. The second-order valence-corrected chi connectivity index (χ2v) is 4.56. The Bertz CT molecular complexity index is 398. The average Bonchev–Trinajstić information content (AvgIpc) is 2.41. The van der Waals surface area contributed by atoms with Crippen molar-refractivity contribution in [2.24, 2.45) is 0 Å². The summed E-state index contributed by atoms with van der Waals surface area (Å²) >= 11 is 0. The molecule has 0 heterocycles. The fraction of sp³-hybridized carbons (Fsp3) is 0.667. The predicted molar refractivity (Wildman–Crippen MR) is 68.4 cm³/mol. The zero-order chi connectivity index (χ0) is 16.4. The van der Waals surface area contributed by atoms with Crippen molar-refractivity contribution < 1.29 is 35.1 Å². The first-order valence-corrected chi connectivity index (χ1v) is 6.59. The van der Waals surface area contributed by atoms with Gasteiger partial charge in [0.2, 0.25) is 5.91 Å². The van der Waals surface area contributed by atoms with E-state index < -0.39 is 35.8 Å². The van der Waals surface area contributed by atoms with Gasteiger partial charge >= 0.3 is 5.97 Å². The van der Waals surface area contributed by atoms with Crippen LogP contribution in [-0.2, 0) is 19.2 Å². The van der Waals surface area contributed by atoms with Crippen LogP contribution in [-0.4, -0.2) is 47.5 Å². The maximum atomic E-state index is 11.4. The van der Waals surface area contributed by atoms with Crippen LogP contribution in [0.1, 0.15) is 32.6 Å². The fourth-order valence-electron chi connectivity index (χ4n) is 1.52. The molecule has 0 aromatic carbocycles. The van der Waals surface area contributed by atoms with Crippen molar-refractivity contribution in [1.82, 2.24) is 10.6 Å². The second-order valence-electron chi connectivity index (χ2n) is 4.56. The van der Waals surface area contributed by atoms with Crippen LogP contribution in [0.2, 0.25) is 0 Å². The molecule has 0 fully saturated rings. The molecular weight excluding hydrogens is 282 g/mol. The number of hydrogen-bond donors (Lipinski definition) is 4. The van der Waals surface area contributed by atoms with E-state index in [0.717, 1.165) is 0 Å². The molecule has 0 aromatic rings. The van der Waals surface area contributed by atoms with Gasteiger partial charge in [0.15, 0.2) is 6.54 Å². The van der Waals surface area contributed by atoms with Crippen LogP contribution in [0.25, 0.3) is 0 Å². The largest absolute Gasteiger partial charge is 0.548 e. The minimum atomic E-state index is -1.39. The summed E-state index contributed by atoms with van der Waals surface area (Å²) in [7, 11) is 0. The Balaban J connectivity index is 4.00. The molecule has 0 saturated heterocycles. The van der Waals surface area contributed by atoms with Gasteiger partial charge in [-0.05, 0) is 19.8 Å². The smallest absolute Gasteiger partial charge is 0.325 e. The quantitative estimate of drug-likeness (QED) is 0.307. The number of carbonyl (C=O) groups excluding carboxylic acids is 3. The van der Waals surface area contributed by atoms with Crippen LogP contribution in [0.15, 0.2) is 0 Å². The molecule has 0 aliphatic carbocycles. The zero-order valence-corrected chi connectivity index (χ0v) is 11.9. The third kappa shape index (κ3) is 8.58. The molecule has 0 bridgehead atoms. The highest BCUT2D eigenvalue weighted by Gasteiger charge is 2.15. The van der Waals surface area contributed by atoms with Gasteiger partial charge in [-0.15, -0.1) is 0 Å². The predicted octanol–water partition coefficient (Wildman–Crippen LogP) is -3.39. The van der Waals surface area contributed by atoms with E-state index in [0.29, 0.717) is 12.8 Å². The van der Waals surface area contributed by atoms with Crippen molar-refractivity contribution >= 4 is 23.8 Å². The van der Waals surface area contributed by atoms with Crippen LogP contribution in [0.3, 0.4) is 0 Å². The van der Waals surface area contributed by atoms with Crippen LogP contribution in [0.4, 0.5) is 0 Å². The molecule has 0 rings (SSSR count). The molecule has 9 nitrogen and oxygen atoms in total. The second kappa shape index (κ2) is 9.70. The Morgan fingerprint density at radius 1 is 1.14 bits per heavy atom. The van der Waals surface area contributed by atoms with E-state index in [9.17, 15) is 24.3 Å². The number of unbranched alkanes of at least 4 members (excludes halogenated alkanes) is 1. The summed E-state index contributed by atoms with van der Waals surface area (Å²) in [5.41, 5.74) is 3.33. The lowest BCUT2D eigenvalue weighted by atomic mass is 10.1. The fourth-order valence-corrected chi connectivity index (χ4v) is 1.52. The highest BCUT2D eigenvalue weighted by molar-refractivity contribution is 5.83. The molecule has 0 aromatic heterocycles. The van der Waals surface area contributed by atoms with Gasteiger partial charge < -0.3 is 31.4 Å². The summed E-state index contributed by atoms with van der Waals surface area (Å²) in [6, 6.07) is -2.08. The Kier molecular flexibility index (Phi) is 8.70. The molecule has 6 N–H and O–H groups in total. The van der Waals surface area contributed by atoms with E-state index in [1.807, 2.05) is 0 Å². The van der Waals surface area contributed by atoms with Crippen molar-refractivity contribution in [3.63, 3.8) is 0 Å². The molecule has 0 aliphatic rings. The van der Waals surface area contributed by atoms with Gasteiger partial charge in [0, 0.05) is 6.42 Å². The standard InChI is InChI=1S/C12H21N3O6/c1-7(11(18)19)14-9(16)5-3-2-4-8(12(20)21)15-10(17)6-13/h7-8H,2-6,13H2,1H3,(H,14,16)(H,15,17)(H,18,19)(H,20,21)/t7-,8-/m1/s1. The van der Waals surface area contributed by atoms with Gasteiger partial charge in [-0.3, -0.25) is 14.4 Å². The summed E-state index contributed by atoms with van der Waals surface area (Å²) in [6.45, 7) is 1.28. The van der Waals surface area contributed by atoms with E-state index >= 15 is 0 Å². The molecule has 9 heteroatoms. The van der Waals surface area contributed by atoms with Crippen molar-refractivity contribution in [3.05, 3.63) is 0 Å². The van der Waals surface area contributed by atoms with Gasteiger partial charge in [-0.25, -0.2) is 0 Å². The molecular formula is C12H21N3O6. The van der Waals surface area contributed by atoms with Crippen LogP contribution < -0.4 is 21.5 Å². The van der Waals surface area contributed by atoms with Gasteiger partial charge in [-0.2, -0.15) is 0 Å². The number of nitrogens with one attached hydrogen (secondary N) is 2. The number of carbonyl (C=O) groups is 4. The molecule has 0 saturated carbocycles. The monoisotopic (exact) mass is 303 g/mol. The summed E-state index contributed by atoms with van der Waals surface area (Å²) < 4.78 is 0. The van der Waals surface area contributed by atoms with Crippen LogP contribution in [0, 0.1) is 0 Å². The van der Waals surface area contributed by atoms with Crippen LogP contribution >= 0.6 is 0 Å². The first-order chi connectivity index (χ1) is 9.77. The average molecular weight is 303 g/mol. The lowest BCUT2D eigenvalue weighted by molar-refractivity contribution is -0.355. The summed E-state index contributed by atoms with van der Waals surface area (Å²) in [5.74, 6) is -3.43. The normalized spacial score (nSPS) is 13.0. The summed E-state index contributed by atoms with van der Waals surface area (Å²) in [5, 5.41) is 24.0. The third-order valence-corrected chi connectivity index (χ3v) is 2.74. The first kappa shape index (κ1) is 18.8. The highest BCUT2D eigenvalue weighted by atomic mass is 16.4. The number of amides is 2. The number of carboxylic acids is 2. The van der Waals surface area contributed by atoms with E-state index in [4.69, 9.17) is 5.11 Å². The van der Waals surface area contributed by atoms with Crippen LogP contribution in [0.5, 0.6) is 0 Å². The zero-order valence-electron chi connectivity index (χ0n) is 11.9. The molecule has 0 radical (unpaired) electrons. The van der Waals surface area contributed by atoms with E-state index in [-0.39, 0.29) is 19.4 Å². The minimum Gasteiger partial charge on any atom is -0.548 e. The lowest BCUT2D eigenvalue weighted by Crippen LogP contribution is -2.60. The Morgan fingerprint density at radius 3 is 2.24 bits per heavy atom. The molecule has 2 atom stereocenters. The highest BCUT2D eigenvalue weighted by Crippen LogP contribution is 2.04. The van der Waals surface area contributed by atoms with Crippen molar-refractivity contribution in [2.45, 2.75) is 44.7 Å². The van der Waals surface area contributed by atoms with E-state index in [1.54, 1.807) is 0 Å². The number of rotatable bonds is 10. The molecule has 0 aliphatic heterocycles. The topological polar surface area (TPSA) is 163 Å². The molecule has 2 amide bonds. The van der Waals surface area contributed by atoms with E-state index in [2.05, 4.69) is 16.4 Å². The van der Waals surface area contributed by atoms with Gasteiger partial charge in [0.1, 0.15) is 6.04 Å². The maximum absolute atomic E-state index is 11.4. The summed E-state index contributed by atoms with van der Waals surface area (Å²) in [4.78, 5) is 43.8. The van der Waals surface area contributed by atoms with Gasteiger partial charge in [0.25, 0.3) is 5.91 Å². The van der Waals surface area contributed by atoms with E-state index in [1.165, 1.54) is 6.92 Å². The minimum absolute atomic E-state index is 0.0702.